The Balaban J connectivity index is 2.03. The van der Waals surface area contributed by atoms with Gasteiger partial charge in [0.1, 0.15) is 6.54 Å². The highest BCUT2D eigenvalue weighted by Crippen LogP contribution is 2.23. The predicted molar refractivity (Wildman–Crippen MR) is 99.9 cm³/mol. The van der Waals surface area contributed by atoms with E-state index in [2.05, 4.69) is 21.2 Å². The van der Waals surface area contributed by atoms with Crippen molar-refractivity contribution in [3.05, 3.63) is 63.6 Å². The van der Waals surface area contributed by atoms with Crippen molar-refractivity contribution in [1.29, 1.82) is 0 Å². The number of hydrogen-bond donors (Lipinski definition) is 1. The van der Waals surface area contributed by atoms with Gasteiger partial charge in [0.25, 0.3) is 0 Å². The lowest BCUT2D eigenvalue weighted by molar-refractivity contribution is -0.123. The molecule has 0 spiro atoms. The van der Waals surface area contributed by atoms with Crippen LogP contribution in [0.1, 0.15) is 23.6 Å². The van der Waals surface area contributed by atoms with Crippen LogP contribution >= 0.6 is 15.9 Å². The maximum Gasteiger partial charge on any atom is 0.240 e. The van der Waals surface area contributed by atoms with Gasteiger partial charge in [0.15, 0.2) is 0 Å². The van der Waals surface area contributed by atoms with Gasteiger partial charge in [-0.2, -0.15) is 0 Å². The summed E-state index contributed by atoms with van der Waals surface area (Å²) >= 11 is 3.44. The second-order valence-electron chi connectivity index (χ2n) is 5.80. The zero-order chi connectivity index (χ0) is 17.7. The number of rotatable bonds is 5. The molecule has 1 N–H and O–H groups in total. The molecule has 24 heavy (non-hydrogen) atoms. The Morgan fingerprint density at radius 1 is 1.12 bits per heavy atom. The summed E-state index contributed by atoms with van der Waals surface area (Å²) in [4.78, 5) is 25.6. The van der Waals surface area contributed by atoms with Crippen LogP contribution in [0.4, 0.5) is 5.69 Å². The fourth-order valence-electron chi connectivity index (χ4n) is 2.40. The van der Waals surface area contributed by atoms with E-state index in [4.69, 9.17) is 0 Å². The highest BCUT2D eigenvalue weighted by molar-refractivity contribution is 9.10. The molecule has 0 fully saturated rings. The molecular formula is C19H21BrN2O2. The molecule has 0 heterocycles. The van der Waals surface area contributed by atoms with Crippen molar-refractivity contribution in [3.63, 3.8) is 0 Å². The SMILES string of the molecule is CC(=O)N(CC(=O)NCc1cccc(C)c1)c1ccc(Br)c(C)c1. The van der Waals surface area contributed by atoms with Gasteiger partial charge in [-0.05, 0) is 43.2 Å². The first kappa shape index (κ1) is 18.2. The smallest absolute Gasteiger partial charge is 0.240 e. The first-order valence-corrected chi connectivity index (χ1v) is 8.52. The Bertz CT molecular complexity index is 759. The van der Waals surface area contributed by atoms with Crippen LogP contribution in [-0.2, 0) is 16.1 Å². The van der Waals surface area contributed by atoms with Crippen molar-refractivity contribution in [2.75, 3.05) is 11.4 Å². The van der Waals surface area contributed by atoms with Gasteiger partial charge in [0.2, 0.25) is 11.8 Å². The molecule has 0 saturated carbocycles. The van der Waals surface area contributed by atoms with E-state index in [0.29, 0.717) is 12.2 Å². The monoisotopic (exact) mass is 388 g/mol. The number of anilines is 1. The summed E-state index contributed by atoms with van der Waals surface area (Å²) in [5.74, 6) is -0.352. The zero-order valence-corrected chi connectivity index (χ0v) is 15.7. The Morgan fingerprint density at radius 2 is 1.88 bits per heavy atom. The fourth-order valence-corrected chi connectivity index (χ4v) is 2.65. The Labute approximate surface area is 151 Å². The number of nitrogens with one attached hydrogen (secondary N) is 1. The van der Waals surface area contributed by atoms with Crippen molar-refractivity contribution in [1.82, 2.24) is 5.32 Å². The molecule has 0 unspecified atom stereocenters. The molecule has 5 heteroatoms. The third-order valence-electron chi connectivity index (χ3n) is 3.71. The van der Waals surface area contributed by atoms with E-state index in [1.165, 1.54) is 11.8 Å². The molecule has 126 valence electrons. The molecule has 0 radical (unpaired) electrons. The molecule has 0 atom stereocenters. The Hall–Kier alpha value is -2.14. The van der Waals surface area contributed by atoms with E-state index in [-0.39, 0.29) is 18.4 Å². The Morgan fingerprint density at radius 3 is 2.50 bits per heavy atom. The van der Waals surface area contributed by atoms with E-state index in [9.17, 15) is 9.59 Å². The van der Waals surface area contributed by atoms with Crippen LogP contribution < -0.4 is 10.2 Å². The first-order valence-electron chi connectivity index (χ1n) is 7.73. The molecule has 0 aliphatic carbocycles. The maximum absolute atomic E-state index is 12.2. The third-order valence-corrected chi connectivity index (χ3v) is 4.60. The van der Waals surface area contributed by atoms with Gasteiger partial charge in [-0.15, -0.1) is 0 Å². The highest BCUT2D eigenvalue weighted by atomic mass is 79.9. The van der Waals surface area contributed by atoms with E-state index >= 15 is 0 Å². The average molecular weight is 389 g/mol. The van der Waals surface area contributed by atoms with E-state index < -0.39 is 0 Å². The van der Waals surface area contributed by atoms with Crippen molar-refractivity contribution in [3.8, 4) is 0 Å². The summed E-state index contributed by atoms with van der Waals surface area (Å²) in [5.41, 5.74) is 3.92. The molecule has 2 rings (SSSR count). The third kappa shape index (κ3) is 4.93. The standard InChI is InChI=1S/C19H21BrN2O2/c1-13-5-4-6-16(9-13)11-21-19(24)12-22(15(3)23)17-7-8-18(20)14(2)10-17/h4-10H,11-12H2,1-3H3,(H,21,24). The lowest BCUT2D eigenvalue weighted by Gasteiger charge is -2.21. The lowest BCUT2D eigenvalue weighted by atomic mass is 10.1. The van der Waals surface area contributed by atoms with Crippen molar-refractivity contribution in [2.45, 2.75) is 27.3 Å². The highest BCUT2D eigenvalue weighted by Gasteiger charge is 2.16. The molecular weight excluding hydrogens is 368 g/mol. The van der Waals surface area contributed by atoms with Gasteiger partial charge in [-0.25, -0.2) is 0 Å². The molecule has 0 aromatic heterocycles. The summed E-state index contributed by atoms with van der Waals surface area (Å²) in [5, 5.41) is 2.87. The normalized spacial score (nSPS) is 10.3. The molecule has 0 aliphatic heterocycles. The van der Waals surface area contributed by atoms with Crippen LogP contribution in [0.5, 0.6) is 0 Å². The van der Waals surface area contributed by atoms with Crippen LogP contribution in [0.25, 0.3) is 0 Å². The molecule has 0 saturated heterocycles. The largest absolute Gasteiger partial charge is 0.350 e. The summed E-state index contributed by atoms with van der Waals surface area (Å²) < 4.78 is 0.971. The van der Waals surface area contributed by atoms with Gasteiger partial charge in [-0.3, -0.25) is 9.59 Å². The predicted octanol–water partition coefficient (Wildman–Crippen LogP) is 3.74. The van der Waals surface area contributed by atoms with Gasteiger partial charge in [-0.1, -0.05) is 45.8 Å². The van der Waals surface area contributed by atoms with E-state index in [1.807, 2.05) is 56.3 Å². The van der Waals surface area contributed by atoms with Crippen LogP contribution in [-0.4, -0.2) is 18.4 Å². The number of nitrogens with zero attached hydrogens (tertiary/aromatic N) is 1. The summed E-state index contributed by atoms with van der Waals surface area (Å²) in [6.45, 7) is 5.88. The quantitative estimate of drug-likeness (QED) is 0.847. The van der Waals surface area contributed by atoms with Crippen LogP contribution in [0.15, 0.2) is 46.9 Å². The lowest BCUT2D eigenvalue weighted by Crippen LogP contribution is -2.39. The Kier molecular flexibility index (Phi) is 6.15. The van der Waals surface area contributed by atoms with Crippen LogP contribution in [0.2, 0.25) is 0 Å². The number of carbonyl (C=O) groups excluding carboxylic acids is 2. The van der Waals surface area contributed by atoms with Crippen LogP contribution in [0, 0.1) is 13.8 Å². The number of carbonyl (C=O) groups is 2. The minimum atomic E-state index is -0.188. The van der Waals surface area contributed by atoms with Gasteiger partial charge < -0.3 is 10.2 Å². The number of hydrogen-bond acceptors (Lipinski definition) is 2. The zero-order valence-electron chi connectivity index (χ0n) is 14.1. The summed E-state index contributed by atoms with van der Waals surface area (Å²) in [6, 6.07) is 13.6. The van der Waals surface area contributed by atoms with Gasteiger partial charge >= 0.3 is 0 Å². The van der Waals surface area contributed by atoms with Gasteiger partial charge in [0.05, 0.1) is 0 Å². The van der Waals surface area contributed by atoms with Crippen LogP contribution in [0.3, 0.4) is 0 Å². The van der Waals surface area contributed by atoms with Crippen molar-refractivity contribution < 1.29 is 9.59 Å². The molecule has 2 aromatic carbocycles. The molecule has 0 aliphatic rings. The molecule has 4 nitrogen and oxygen atoms in total. The van der Waals surface area contributed by atoms with Crippen molar-refractivity contribution >= 4 is 33.4 Å². The van der Waals surface area contributed by atoms with E-state index in [1.54, 1.807) is 0 Å². The number of amides is 2. The number of aryl methyl sites for hydroxylation is 2. The minimum absolute atomic E-state index is 0.00220. The number of benzene rings is 2. The average Bonchev–Trinajstić information content (AvgIpc) is 2.53. The first-order chi connectivity index (χ1) is 11.4. The fraction of sp³-hybridized carbons (Fsp3) is 0.263. The van der Waals surface area contributed by atoms with Gasteiger partial charge in [0, 0.05) is 23.6 Å². The second-order valence-corrected chi connectivity index (χ2v) is 6.66. The molecule has 2 amide bonds. The molecule has 2 aromatic rings. The van der Waals surface area contributed by atoms with Crippen molar-refractivity contribution in [2.24, 2.45) is 0 Å². The maximum atomic E-state index is 12.2. The molecule has 0 bridgehead atoms. The van der Waals surface area contributed by atoms with E-state index in [0.717, 1.165) is 21.2 Å². The topological polar surface area (TPSA) is 49.4 Å². The number of halogens is 1. The minimum Gasteiger partial charge on any atom is -0.350 e. The second kappa shape index (κ2) is 8.11. The summed E-state index contributed by atoms with van der Waals surface area (Å²) in [6.07, 6.45) is 0. The summed E-state index contributed by atoms with van der Waals surface area (Å²) in [7, 11) is 0.